The number of rotatable bonds is 8. The molecule has 180 valence electrons. The molecule has 0 bridgehead atoms. The van der Waals surface area contributed by atoms with E-state index in [1.54, 1.807) is 18.2 Å². The van der Waals surface area contributed by atoms with Crippen LogP contribution in [0.3, 0.4) is 0 Å². The summed E-state index contributed by atoms with van der Waals surface area (Å²) in [7, 11) is 0. The molecule has 4 aromatic carbocycles. The molecule has 1 atom stereocenters. The largest absolute Gasteiger partial charge is 0.325 e. The second-order valence-electron chi connectivity index (χ2n) is 8.05. The molecule has 0 aromatic heterocycles. The van der Waals surface area contributed by atoms with Crippen molar-refractivity contribution in [2.24, 2.45) is 0 Å². The first-order valence-corrected chi connectivity index (χ1v) is 12.0. The maximum atomic E-state index is 13.3. The number of non-ortho nitro benzene ring substituents is 1. The molecule has 0 aliphatic carbocycles. The van der Waals surface area contributed by atoms with Crippen LogP contribution in [0.4, 0.5) is 17.1 Å². The van der Waals surface area contributed by atoms with Gasteiger partial charge in [0.05, 0.1) is 4.92 Å². The maximum Gasteiger partial charge on any atom is 0.269 e. The third kappa shape index (κ3) is 6.37. The third-order valence-corrected chi connectivity index (χ3v) is 6.59. The van der Waals surface area contributed by atoms with Gasteiger partial charge in [0.2, 0.25) is 5.91 Å². The summed E-state index contributed by atoms with van der Waals surface area (Å²) in [6.07, 6.45) is 0. The number of amides is 2. The minimum atomic E-state index is -0.593. The van der Waals surface area contributed by atoms with Crippen LogP contribution >= 0.6 is 11.8 Å². The number of aryl methyl sites for hydroxylation is 1. The highest BCUT2D eigenvalue weighted by atomic mass is 32.2. The standard InChI is InChI=1S/C28H23N3O4S/c1-19-10-12-21(13-11-19)27(32)30-23-8-5-9-25(18-23)36-26(20-6-3-2-4-7-20)28(33)29-22-14-16-24(17-15-22)31(34)35/h2-18,26H,1H3,(H,29,33)(H,30,32). The number of nitro groups is 1. The normalized spacial score (nSPS) is 11.4. The Balaban J connectivity index is 1.52. The Morgan fingerprint density at radius 3 is 2.17 bits per heavy atom. The molecule has 0 fully saturated rings. The molecule has 0 saturated carbocycles. The molecule has 8 heteroatoms. The molecule has 0 heterocycles. The molecule has 0 saturated heterocycles. The predicted octanol–water partition coefficient (Wildman–Crippen LogP) is 6.63. The zero-order valence-electron chi connectivity index (χ0n) is 19.4. The summed E-state index contributed by atoms with van der Waals surface area (Å²) >= 11 is 1.34. The van der Waals surface area contributed by atoms with Gasteiger partial charge in [-0.1, -0.05) is 54.1 Å². The van der Waals surface area contributed by atoms with Crippen molar-refractivity contribution in [2.75, 3.05) is 10.6 Å². The zero-order valence-corrected chi connectivity index (χ0v) is 20.2. The fourth-order valence-corrected chi connectivity index (χ4v) is 4.55. The molecule has 0 aliphatic rings. The fraction of sp³-hybridized carbons (Fsp3) is 0.0714. The van der Waals surface area contributed by atoms with Crippen LogP contribution in [-0.4, -0.2) is 16.7 Å². The van der Waals surface area contributed by atoms with Crippen molar-refractivity contribution >= 4 is 40.6 Å². The first-order chi connectivity index (χ1) is 17.4. The van der Waals surface area contributed by atoms with Crippen molar-refractivity contribution in [3.63, 3.8) is 0 Å². The number of nitrogens with one attached hydrogen (secondary N) is 2. The highest BCUT2D eigenvalue weighted by molar-refractivity contribution is 8.00. The van der Waals surface area contributed by atoms with E-state index in [0.717, 1.165) is 16.0 Å². The van der Waals surface area contributed by atoms with Gasteiger partial charge in [0, 0.05) is 34.0 Å². The first kappa shape index (κ1) is 24.7. The Hall–Kier alpha value is -4.43. The Morgan fingerprint density at radius 1 is 0.806 bits per heavy atom. The van der Waals surface area contributed by atoms with Gasteiger partial charge in [0.25, 0.3) is 11.6 Å². The Kier molecular flexibility index (Phi) is 7.77. The third-order valence-electron chi connectivity index (χ3n) is 5.35. The van der Waals surface area contributed by atoms with Gasteiger partial charge >= 0.3 is 0 Å². The molecule has 36 heavy (non-hydrogen) atoms. The van der Waals surface area contributed by atoms with Crippen molar-refractivity contribution in [2.45, 2.75) is 17.1 Å². The predicted molar refractivity (Wildman–Crippen MR) is 142 cm³/mol. The minimum absolute atomic E-state index is 0.0496. The van der Waals surface area contributed by atoms with E-state index in [0.29, 0.717) is 16.9 Å². The van der Waals surface area contributed by atoms with Crippen LogP contribution in [0, 0.1) is 17.0 Å². The van der Waals surface area contributed by atoms with E-state index >= 15 is 0 Å². The Morgan fingerprint density at radius 2 is 1.50 bits per heavy atom. The van der Waals surface area contributed by atoms with E-state index in [4.69, 9.17) is 0 Å². The van der Waals surface area contributed by atoms with E-state index in [9.17, 15) is 19.7 Å². The van der Waals surface area contributed by atoms with Crippen molar-refractivity contribution < 1.29 is 14.5 Å². The van der Waals surface area contributed by atoms with Crippen LogP contribution in [-0.2, 0) is 4.79 Å². The van der Waals surface area contributed by atoms with Crippen molar-refractivity contribution in [3.05, 3.63) is 130 Å². The van der Waals surface area contributed by atoms with Gasteiger partial charge in [-0.25, -0.2) is 0 Å². The molecule has 0 spiro atoms. The van der Waals surface area contributed by atoms with Gasteiger partial charge in [-0.05, 0) is 55.0 Å². The number of hydrogen-bond donors (Lipinski definition) is 2. The Labute approximate surface area is 212 Å². The number of thioether (sulfide) groups is 1. The van der Waals surface area contributed by atoms with Crippen LogP contribution in [0.5, 0.6) is 0 Å². The van der Waals surface area contributed by atoms with Gasteiger partial charge in [-0.15, -0.1) is 11.8 Å². The second kappa shape index (κ2) is 11.3. The maximum absolute atomic E-state index is 13.3. The lowest BCUT2D eigenvalue weighted by Gasteiger charge is -2.18. The molecule has 1 unspecified atom stereocenters. The molecule has 7 nitrogen and oxygen atoms in total. The number of nitro benzene ring substituents is 1. The summed E-state index contributed by atoms with van der Waals surface area (Å²) < 4.78 is 0. The summed E-state index contributed by atoms with van der Waals surface area (Å²) in [5.74, 6) is -0.484. The van der Waals surface area contributed by atoms with Gasteiger partial charge in [-0.2, -0.15) is 0 Å². The van der Waals surface area contributed by atoms with Gasteiger partial charge in [0.15, 0.2) is 0 Å². The van der Waals surface area contributed by atoms with E-state index < -0.39 is 10.2 Å². The summed E-state index contributed by atoms with van der Waals surface area (Å²) in [5.41, 5.74) is 3.47. The number of hydrogen-bond acceptors (Lipinski definition) is 5. The van der Waals surface area contributed by atoms with Crippen LogP contribution in [0.1, 0.15) is 26.7 Å². The van der Waals surface area contributed by atoms with Crippen LogP contribution in [0.15, 0.2) is 108 Å². The van der Waals surface area contributed by atoms with Gasteiger partial charge < -0.3 is 10.6 Å². The number of carbonyl (C=O) groups excluding carboxylic acids is 2. The van der Waals surface area contributed by atoms with Crippen LogP contribution in [0.2, 0.25) is 0 Å². The molecule has 4 rings (SSSR count). The highest BCUT2D eigenvalue weighted by Crippen LogP contribution is 2.37. The summed E-state index contributed by atoms with van der Waals surface area (Å²) in [6, 6.07) is 29.7. The van der Waals surface area contributed by atoms with Crippen LogP contribution in [0.25, 0.3) is 0 Å². The summed E-state index contributed by atoms with van der Waals surface area (Å²) in [5, 5.41) is 16.1. The van der Waals surface area contributed by atoms with Crippen LogP contribution < -0.4 is 10.6 Å². The number of carbonyl (C=O) groups is 2. The molecular weight excluding hydrogens is 474 g/mol. The number of benzene rings is 4. The molecule has 0 radical (unpaired) electrons. The molecular formula is C28H23N3O4S. The summed E-state index contributed by atoms with van der Waals surface area (Å²) in [4.78, 5) is 37.1. The lowest BCUT2D eigenvalue weighted by atomic mass is 10.1. The van der Waals surface area contributed by atoms with Crippen molar-refractivity contribution in [1.29, 1.82) is 0 Å². The topological polar surface area (TPSA) is 101 Å². The zero-order chi connectivity index (χ0) is 25.5. The first-order valence-electron chi connectivity index (χ1n) is 11.1. The second-order valence-corrected chi connectivity index (χ2v) is 9.23. The lowest BCUT2D eigenvalue weighted by Crippen LogP contribution is -2.19. The van der Waals surface area contributed by atoms with Crippen molar-refractivity contribution in [3.8, 4) is 0 Å². The quantitative estimate of drug-likeness (QED) is 0.162. The summed E-state index contributed by atoms with van der Waals surface area (Å²) in [6.45, 7) is 1.96. The molecule has 0 aliphatic heterocycles. The monoisotopic (exact) mass is 497 g/mol. The van der Waals surface area contributed by atoms with E-state index in [2.05, 4.69) is 10.6 Å². The van der Waals surface area contributed by atoms with E-state index in [1.807, 2.05) is 67.6 Å². The average molecular weight is 498 g/mol. The highest BCUT2D eigenvalue weighted by Gasteiger charge is 2.23. The smallest absolute Gasteiger partial charge is 0.269 e. The Bertz CT molecular complexity index is 1370. The van der Waals surface area contributed by atoms with Gasteiger partial charge in [0.1, 0.15) is 5.25 Å². The SMILES string of the molecule is Cc1ccc(C(=O)Nc2cccc(SC(C(=O)Nc3ccc([N+](=O)[O-])cc3)c3ccccc3)c2)cc1. The molecule has 2 amide bonds. The average Bonchev–Trinajstić information content (AvgIpc) is 2.88. The molecule has 4 aromatic rings. The minimum Gasteiger partial charge on any atom is -0.325 e. The van der Waals surface area contributed by atoms with Crippen molar-refractivity contribution in [1.82, 2.24) is 0 Å². The number of anilines is 2. The van der Waals surface area contributed by atoms with E-state index in [-0.39, 0.29) is 17.5 Å². The number of nitrogens with zero attached hydrogens (tertiary/aromatic N) is 1. The molecule has 2 N–H and O–H groups in total. The lowest BCUT2D eigenvalue weighted by molar-refractivity contribution is -0.384. The van der Waals surface area contributed by atoms with Gasteiger partial charge in [-0.3, -0.25) is 19.7 Å². The fourth-order valence-electron chi connectivity index (χ4n) is 3.47. The van der Waals surface area contributed by atoms with E-state index in [1.165, 1.54) is 36.0 Å².